The Bertz CT molecular complexity index is 493. The van der Waals surface area contributed by atoms with Crippen LogP contribution in [-0.4, -0.2) is 41.2 Å². The molecule has 1 unspecified atom stereocenters. The third kappa shape index (κ3) is 2.30. The number of epoxide rings is 1. The number of nitrogens with one attached hydrogen (secondary N) is 1. The van der Waals surface area contributed by atoms with Gasteiger partial charge in [-0.2, -0.15) is 5.10 Å². The SMILES string of the molecule is Cc1n[nH]c(C)c1B1OC(C)(C)C(C)(CC[C@H]2CO2)O1. The molecule has 2 aliphatic heterocycles. The highest BCUT2D eigenvalue weighted by Gasteiger charge is 2.55. The summed E-state index contributed by atoms with van der Waals surface area (Å²) in [4.78, 5) is 0. The van der Waals surface area contributed by atoms with Gasteiger partial charge in [0.1, 0.15) is 0 Å². The lowest BCUT2D eigenvalue weighted by Gasteiger charge is -2.36. The number of H-pyrrole nitrogens is 1. The van der Waals surface area contributed by atoms with Crippen molar-refractivity contribution in [3.63, 3.8) is 0 Å². The van der Waals surface area contributed by atoms with Crippen LogP contribution >= 0.6 is 0 Å². The van der Waals surface area contributed by atoms with Crippen molar-refractivity contribution in [3.05, 3.63) is 11.4 Å². The van der Waals surface area contributed by atoms with Crippen LogP contribution in [0.15, 0.2) is 0 Å². The number of rotatable bonds is 4. The molecule has 2 fully saturated rings. The van der Waals surface area contributed by atoms with Gasteiger partial charge in [-0.15, -0.1) is 0 Å². The molecule has 0 spiro atoms. The van der Waals surface area contributed by atoms with Crippen LogP contribution in [0.3, 0.4) is 0 Å². The van der Waals surface area contributed by atoms with Crippen LogP contribution < -0.4 is 5.46 Å². The number of hydrogen-bond acceptors (Lipinski definition) is 4. The second-order valence-corrected chi connectivity index (χ2v) is 6.65. The molecule has 2 atom stereocenters. The fourth-order valence-corrected chi connectivity index (χ4v) is 2.85. The van der Waals surface area contributed by atoms with Crippen LogP contribution in [0.4, 0.5) is 0 Å². The highest BCUT2D eigenvalue weighted by molar-refractivity contribution is 6.63. The van der Waals surface area contributed by atoms with Crippen molar-refractivity contribution in [1.82, 2.24) is 10.2 Å². The zero-order chi connectivity index (χ0) is 14.5. The van der Waals surface area contributed by atoms with Crippen molar-refractivity contribution in [2.75, 3.05) is 6.61 Å². The van der Waals surface area contributed by atoms with E-state index in [9.17, 15) is 0 Å². The molecular weight excluding hydrogens is 255 g/mol. The molecule has 0 amide bonds. The second-order valence-electron chi connectivity index (χ2n) is 6.65. The van der Waals surface area contributed by atoms with Crippen LogP contribution in [0.1, 0.15) is 45.0 Å². The van der Waals surface area contributed by atoms with Gasteiger partial charge in [-0.1, -0.05) is 0 Å². The summed E-state index contributed by atoms with van der Waals surface area (Å²) < 4.78 is 17.8. The van der Waals surface area contributed by atoms with Crippen molar-refractivity contribution < 1.29 is 14.0 Å². The molecule has 3 heterocycles. The highest BCUT2D eigenvalue weighted by Crippen LogP contribution is 2.41. The Morgan fingerprint density at radius 2 is 2.00 bits per heavy atom. The summed E-state index contributed by atoms with van der Waals surface area (Å²) >= 11 is 0. The molecule has 110 valence electrons. The van der Waals surface area contributed by atoms with E-state index in [-0.39, 0.29) is 18.3 Å². The molecule has 2 saturated heterocycles. The van der Waals surface area contributed by atoms with Crippen molar-refractivity contribution >= 4 is 12.6 Å². The first-order chi connectivity index (χ1) is 9.32. The van der Waals surface area contributed by atoms with E-state index < -0.39 is 0 Å². The lowest BCUT2D eigenvalue weighted by atomic mass is 9.77. The molecule has 0 aliphatic carbocycles. The summed E-state index contributed by atoms with van der Waals surface area (Å²) in [5.41, 5.74) is 2.35. The maximum atomic E-state index is 6.31. The normalized spacial score (nSPS) is 31.9. The van der Waals surface area contributed by atoms with Crippen molar-refractivity contribution in [2.45, 2.75) is 64.8 Å². The number of ether oxygens (including phenoxy) is 1. The van der Waals surface area contributed by atoms with E-state index >= 15 is 0 Å². The first-order valence-corrected chi connectivity index (χ1v) is 7.31. The average molecular weight is 278 g/mol. The van der Waals surface area contributed by atoms with Crippen LogP contribution in [-0.2, 0) is 14.0 Å². The lowest BCUT2D eigenvalue weighted by molar-refractivity contribution is -0.0179. The topological polar surface area (TPSA) is 59.7 Å². The molecule has 0 radical (unpaired) electrons. The Morgan fingerprint density at radius 3 is 2.55 bits per heavy atom. The molecule has 0 bridgehead atoms. The third-order valence-electron chi connectivity index (χ3n) is 4.81. The van der Waals surface area contributed by atoms with Gasteiger partial charge >= 0.3 is 7.12 Å². The van der Waals surface area contributed by atoms with Crippen LogP contribution in [0.5, 0.6) is 0 Å². The molecule has 0 aromatic carbocycles. The van der Waals surface area contributed by atoms with E-state index in [4.69, 9.17) is 14.0 Å². The molecule has 0 saturated carbocycles. The molecular formula is C14H23BN2O3. The minimum absolute atomic E-state index is 0.306. The summed E-state index contributed by atoms with van der Waals surface area (Å²) in [5.74, 6) is 0. The fraction of sp³-hybridized carbons (Fsp3) is 0.786. The summed E-state index contributed by atoms with van der Waals surface area (Å²) in [6.07, 6.45) is 2.39. The molecule has 5 nitrogen and oxygen atoms in total. The number of hydrogen-bond donors (Lipinski definition) is 1. The van der Waals surface area contributed by atoms with Crippen molar-refractivity contribution in [2.24, 2.45) is 0 Å². The molecule has 2 aliphatic rings. The summed E-state index contributed by atoms with van der Waals surface area (Å²) in [6.45, 7) is 11.2. The molecule has 6 heteroatoms. The van der Waals surface area contributed by atoms with E-state index in [1.165, 1.54) is 0 Å². The fourth-order valence-electron chi connectivity index (χ4n) is 2.85. The summed E-state index contributed by atoms with van der Waals surface area (Å²) in [7, 11) is -0.339. The number of aromatic nitrogens is 2. The van der Waals surface area contributed by atoms with E-state index in [1.807, 2.05) is 13.8 Å². The maximum absolute atomic E-state index is 6.31. The average Bonchev–Trinajstić information content (AvgIpc) is 3.07. The minimum Gasteiger partial charge on any atom is -0.399 e. The van der Waals surface area contributed by atoms with Gasteiger partial charge in [0, 0.05) is 11.2 Å². The first kappa shape index (κ1) is 14.1. The summed E-state index contributed by atoms with van der Waals surface area (Å²) in [5, 5.41) is 7.23. The highest BCUT2D eigenvalue weighted by atomic mass is 16.7. The number of aryl methyl sites for hydroxylation is 2. The monoisotopic (exact) mass is 278 g/mol. The standard InChI is InChI=1S/C14H23BN2O3/c1-9-12(10(2)17-16-9)15-19-13(3,4)14(5,20-15)7-6-11-8-18-11/h11H,6-8H2,1-5H3,(H,16,17)/t11-,14?/m0/s1. The van der Waals surface area contributed by atoms with Gasteiger partial charge in [0.2, 0.25) is 0 Å². The van der Waals surface area contributed by atoms with Gasteiger partial charge in [0.15, 0.2) is 0 Å². The van der Waals surface area contributed by atoms with E-state index in [0.29, 0.717) is 6.10 Å². The van der Waals surface area contributed by atoms with Crippen LogP contribution in [0.25, 0.3) is 0 Å². The molecule has 1 N–H and O–H groups in total. The van der Waals surface area contributed by atoms with Gasteiger partial charge in [0.25, 0.3) is 0 Å². The van der Waals surface area contributed by atoms with Gasteiger partial charge in [0.05, 0.1) is 29.6 Å². The number of nitrogens with zero attached hydrogens (tertiary/aromatic N) is 1. The molecule has 1 aromatic heterocycles. The molecule has 3 rings (SSSR count). The van der Waals surface area contributed by atoms with E-state index in [1.54, 1.807) is 0 Å². The first-order valence-electron chi connectivity index (χ1n) is 7.31. The zero-order valence-corrected chi connectivity index (χ0v) is 12.9. The van der Waals surface area contributed by atoms with Gasteiger partial charge in [-0.3, -0.25) is 5.10 Å². The maximum Gasteiger partial charge on any atom is 0.498 e. The van der Waals surface area contributed by atoms with Gasteiger partial charge in [-0.05, 0) is 47.5 Å². The quantitative estimate of drug-likeness (QED) is 0.669. The van der Waals surface area contributed by atoms with E-state index in [0.717, 1.165) is 36.3 Å². The van der Waals surface area contributed by atoms with Crippen molar-refractivity contribution in [3.8, 4) is 0 Å². The Kier molecular flexibility index (Phi) is 3.23. The predicted molar refractivity (Wildman–Crippen MR) is 77.1 cm³/mol. The largest absolute Gasteiger partial charge is 0.498 e. The zero-order valence-electron chi connectivity index (χ0n) is 12.9. The minimum atomic E-state index is -0.339. The lowest BCUT2D eigenvalue weighted by Crippen LogP contribution is -2.45. The number of aromatic amines is 1. The predicted octanol–water partition coefficient (Wildman–Crippen LogP) is 1.48. The van der Waals surface area contributed by atoms with Crippen LogP contribution in [0.2, 0.25) is 0 Å². The summed E-state index contributed by atoms with van der Waals surface area (Å²) in [6, 6.07) is 0. The molecule has 1 aromatic rings. The Balaban J connectivity index is 1.80. The Labute approximate surface area is 120 Å². The van der Waals surface area contributed by atoms with Crippen LogP contribution in [0, 0.1) is 13.8 Å². The van der Waals surface area contributed by atoms with E-state index in [2.05, 4.69) is 31.0 Å². The Hall–Kier alpha value is -0.845. The van der Waals surface area contributed by atoms with Crippen molar-refractivity contribution in [1.29, 1.82) is 0 Å². The molecule has 20 heavy (non-hydrogen) atoms. The second kappa shape index (κ2) is 4.58. The smallest absolute Gasteiger partial charge is 0.399 e. The van der Waals surface area contributed by atoms with Gasteiger partial charge in [-0.25, -0.2) is 0 Å². The third-order valence-corrected chi connectivity index (χ3v) is 4.81. The Morgan fingerprint density at radius 1 is 1.30 bits per heavy atom. The van der Waals surface area contributed by atoms with Gasteiger partial charge < -0.3 is 14.0 Å².